The van der Waals surface area contributed by atoms with Crippen LogP contribution < -0.4 is 10.6 Å². The molecule has 1 aliphatic heterocycles. The van der Waals surface area contributed by atoms with Gasteiger partial charge >= 0.3 is 0 Å². The predicted octanol–water partition coefficient (Wildman–Crippen LogP) is 1.84. The van der Waals surface area contributed by atoms with E-state index < -0.39 is 0 Å². The van der Waals surface area contributed by atoms with Crippen LogP contribution in [-0.4, -0.2) is 37.2 Å². The molecule has 4 heteroatoms. The zero-order chi connectivity index (χ0) is 14.5. The van der Waals surface area contributed by atoms with Gasteiger partial charge in [0.1, 0.15) is 0 Å². The first kappa shape index (κ1) is 14.0. The first-order valence-electron chi connectivity index (χ1n) is 8.80. The molecule has 1 saturated heterocycles. The van der Waals surface area contributed by atoms with Gasteiger partial charge in [-0.25, -0.2) is 0 Å². The van der Waals surface area contributed by atoms with E-state index in [1.165, 1.54) is 12.8 Å². The molecule has 0 spiro atoms. The maximum absolute atomic E-state index is 13.0. The van der Waals surface area contributed by atoms with E-state index in [0.29, 0.717) is 11.9 Å². The van der Waals surface area contributed by atoms with Crippen molar-refractivity contribution in [2.24, 2.45) is 17.3 Å². The standard InChI is InChI=1S/C17H28N2O2/c1-2-21-17-9-12-7-16(11-17,8-13(12)10-17)15(20)19-14-3-5-18-6-4-14/h12-14,18H,2-11H2,1H3,(H,19,20). The van der Waals surface area contributed by atoms with Crippen molar-refractivity contribution in [1.29, 1.82) is 0 Å². The Morgan fingerprint density at radius 2 is 1.86 bits per heavy atom. The van der Waals surface area contributed by atoms with E-state index in [2.05, 4.69) is 17.6 Å². The molecule has 0 aromatic carbocycles. The van der Waals surface area contributed by atoms with Crippen molar-refractivity contribution in [1.82, 2.24) is 10.6 Å². The fraction of sp³-hybridized carbons (Fsp3) is 0.941. The number of hydrogen-bond donors (Lipinski definition) is 2. The fourth-order valence-electron chi connectivity index (χ4n) is 5.89. The summed E-state index contributed by atoms with van der Waals surface area (Å²) in [6.45, 7) is 4.94. The summed E-state index contributed by atoms with van der Waals surface area (Å²) in [5.41, 5.74) is -0.0715. The molecule has 5 fully saturated rings. The van der Waals surface area contributed by atoms with Gasteiger partial charge in [0.15, 0.2) is 0 Å². The minimum Gasteiger partial charge on any atom is -0.375 e. The van der Waals surface area contributed by atoms with Crippen molar-refractivity contribution in [3.8, 4) is 0 Å². The number of hydrogen-bond acceptors (Lipinski definition) is 3. The molecule has 4 bridgehead atoms. The van der Waals surface area contributed by atoms with Crippen LogP contribution in [0.1, 0.15) is 51.9 Å². The number of ether oxygens (including phenoxy) is 1. The summed E-state index contributed by atoms with van der Waals surface area (Å²) in [4.78, 5) is 13.0. The molecule has 1 amide bonds. The molecule has 2 atom stereocenters. The summed E-state index contributed by atoms with van der Waals surface area (Å²) in [6, 6.07) is 0.383. The van der Waals surface area contributed by atoms with Crippen LogP contribution in [-0.2, 0) is 9.53 Å². The molecular weight excluding hydrogens is 264 g/mol. The highest BCUT2D eigenvalue weighted by Crippen LogP contribution is 2.66. The highest BCUT2D eigenvalue weighted by Gasteiger charge is 2.65. The van der Waals surface area contributed by atoms with Crippen LogP contribution in [0.3, 0.4) is 0 Å². The molecule has 0 aromatic heterocycles. The van der Waals surface area contributed by atoms with Gasteiger partial charge in [-0.2, -0.15) is 0 Å². The number of piperidine rings is 1. The van der Waals surface area contributed by atoms with E-state index >= 15 is 0 Å². The lowest BCUT2D eigenvalue weighted by molar-refractivity contribution is -0.147. The van der Waals surface area contributed by atoms with E-state index in [-0.39, 0.29) is 11.0 Å². The van der Waals surface area contributed by atoms with Crippen molar-refractivity contribution < 1.29 is 9.53 Å². The molecule has 2 unspecified atom stereocenters. The van der Waals surface area contributed by atoms with Crippen molar-refractivity contribution in [2.75, 3.05) is 19.7 Å². The first-order valence-corrected chi connectivity index (χ1v) is 8.80. The molecule has 5 aliphatic rings. The van der Waals surface area contributed by atoms with Gasteiger partial charge in [0.2, 0.25) is 5.91 Å². The van der Waals surface area contributed by atoms with E-state index in [4.69, 9.17) is 4.74 Å². The zero-order valence-electron chi connectivity index (χ0n) is 13.1. The Balaban J connectivity index is 1.48. The lowest BCUT2D eigenvalue weighted by Gasteiger charge is -2.45. The van der Waals surface area contributed by atoms with Crippen molar-refractivity contribution in [3.05, 3.63) is 0 Å². The summed E-state index contributed by atoms with van der Waals surface area (Å²) >= 11 is 0. The van der Waals surface area contributed by atoms with E-state index in [9.17, 15) is 4.79 Å². The van der Waals surface area contributed by atoms with Crippen LogP contribution in [0.2, 0.25) is 0 Å². The van der Waals surface area contributed by atoms with Crippen molar-refractivity contribution >= 4 is 5.91 Å². The van der Waals surface area contributed by atoms with Crippen LogP contribution in [0.5, 0.6) is 0 Å². The van der Waals surface area contributed by atoms with Gasteiger partial charge < -0.3 is 15.4 Å². The second-order valence-corrected chi connectivity index (χ2v) is 7.91. The molecular formula is C17H28N2O2. The summed E-state index contributed by atoms with van der Waals surface area (Å²) in [7, 11) is 0. The molecule has 5 rings (SSSR count). The molecule has 1 heterocycles. The van der Waals surface area contributed by atoms with Gasteiger partial charge in [-0.1, -0.05) is 0 Å². The lowest BCUT2D eigenvalue weighted by Crippen LogP contribution is -2.53. The van der Waals surface area contributed by atoms with Gasteiger partial charge in [-0.15, -0.1) is 0 Å². The van der Waals surface area contributed by atoms with Crippen LogP contribution in [0.4, 0.5) is 0 Å². The Morgan fingerprint density at radius 3 is 2.48 bits per heavy atom. The second kappa shape index (κ2) is 4.95. The Labute approximate surface area is 127 Å². The van der Waals surface area contributed by atoms with Gasteiger partial charge in [0, 0.05) is 12.6 Å². The third-order valence-corrected chi connectivity index (χ3v) is 6.51. The highest BCUT2D eigenvalue weighted by molar-refractivity contribution is 5.84. The van der Waals surface area contributed by atoms with E-state index in [1.807, 2.05) is 0 Å². The van der Waals surface area contributed by atoms with Crippen molar-refractivity contribution in [2.45, 2.75) is 63.5 Å². The summed E-state index contributed by atoms with van der Waals surface area (Å²) < 4.78 is 6.14. The highest BCUT2D eigenvalue weighted by atomic mass is 16.5. The first-order chi connectivity index (χ1) is 10.1. The SMILES string of the molecule is CCOC12CC3CC(C(=O)NC4CCNCC4)(CC3C1)C2. The molecule has 0 radical (unpaired) electrons. The third-order valence-electron chi connectivity index (χ3n) is 6.51. The Bertz CT molecular complexity index is 417. The number of carbonyl (C=O) groups is 1. The molecule has 21 heavy (non-hydrogen) atoms. The lowest BCUT2D eigenvalue weighted by atomic mass is 9.66. The topological polar surface area (TPSA) is 50.4 Å². The molecule has 4 nitrogen and oxygen atoms in total. The van der Waals surface area contributed by atoms with Gasteiger partial charge in [0.25, 0.3) is 0 Å². The average molecular weight is 292 g/mol. The van der Waals surface area contributed by atoms with Gasteiger partial charge in [-0.3, -0.25) is 4.79 Å². The largest absolute Gasteiger partial charge is 0.375 e. The minimum atomic E-state index is -0.105. The second-order valence-electron chi connectivity index (χ2n) is 7.91. The van der Waals surface area contributed by atoms with Crippen LogP contribution in [0, 0.1) is 17.3 Å². The Morgan fingerprint density at radius 1 is 1.19 bits per heavy atom. The number of nitrogens with one attached hydrogen (secondary N) is 2. The smallest absolute Gasteiger partial charge is 0.226 e. The molecule has 4 aliphatic carbocycles. The molecule has 118 valence electrons. The average Bonchev–Trinajstić information content (AvgIpc) is 2.86. The minimum absolute atomic E-state index is 0.0338. The van der Waals surface area contributed by atoms with Crippen LogP contribution in [0.25, 0.3) is 0 Å². The molecule has 4 saturated carbocycles. The molecule has 2 N–H and O–H groups in total. The predicted molar refractivity (Wildman–Crippen MR) is 80.9 cm³/mol. The third kappa shape index (κ3) is 2.22. The fourth-order valence-corrected chi connectivity index (χ4v) is 5.89. The molecule has 0 aromatic rings. The Kier molecular flexibility index (Phi) is 3.30. The Hall–Kier alpha value is -0.610. The maximum Gasteiger partial charge on any atom is 0.226 e. The number of amides is 1. The van der Waals surface area contributed by atoms with E-state index in [1.54, 1.807) is 0 Å². The monoisotopic (exact) mass is 292 g/mol. The number of carbonyl (C=O) groups excluding carboxylic acids is 1. The van der Waals surface area contributed by atoms with Crippen LogP contribution in [0.15, 0.2) is 0 Å². The zero-order valence-corrected chi connectivity index (χ0v) is 13.1. The van der Waals surface area contributed by atoms with Gasteiger partial charge in [-0.05, 0) is 76.8 Å². The quantitative estimate of drug-likeness (QED) is 0.831. The summed E-state index contributed by atoms with van der Waals surface area (Å²) in [5, 5.41) is 6.74. The number of rotatable bonds is 4. The van der Waals surface area contributed by atoms with Crippen LogP contribution >= 0.6 is 0 Å². The summed E-state index contributed by atoms with van der Waals surface area (Å²) in [6.07, 6.45) is 7.75. The van der Waals surface area contributed by atoms with E-state index in [0.717, 1.165) is 63.6 Å². The summed E-state index contributed by atoms with van der Waals surface area (Å²) in [5.74, 6) is 1.82. The normalized spacial score (nSPS) is 45.2. The van der Waals surface area contributed by atoms with Crippen molar-refractivity contribution in [3.63, 3.8) is 0 Å². The van der Waals surface area contributed by atoms with Gasteiger partial charge in [0.05, 0.1) is 11.0 Å². The maximum atomic E-state index is 13.0.